The third-order valence-electron chi connectivity index (χ3n) is 4.41. The average Bonchev–Trinajstić information content (AvgIpc) is 2.53. The van der Waals surface area contributed by atoms with Crippen molar-refractivity contribution in [1.82, 2.24) is 0 Å². The predicted molar refractivity (Wildman–Crippen MR) is 69.0 cm³/mol. The van der Waals surface area contributed by atoms with Crippen LogP contribution in [-0.2, 0) is 0 Å². The predicted octanol–water partition coefficient (Wildman–Crippen LogP) is 5.28. The molecule has 0 amide bonds. The van der Waals surface area contributed by atoms with Crippen molar-refractivity contribution in [2.45, 2.75) is 73.6 Å². The lowest BCUT2D eigenvalue weighted by molar-refractivity contribution is 0.264. The van der Waals surface area contributed by atoms with Gasteiger partial charge in [0.2, 0.25) is 0 Å². The summed E-state index contributed by atoms with van der Waals surface area (Å²) in [5.74, 6) is 1.98. The number of hydrogen-bond acceptors (Lipinski definition) is 0. The van der Waals surface area contributed by atoms with Crippen LogP contribution in [0.5, 0.6) is 0 Å². The van der Waals surface area contributed by atoms with Crippen LogP contribution in [0.15, 0.2) is 0 Å². The van der Waals surface area contributed by atoms with Gasteiger partial charge in [0.05, 0.1) is 0 Å². The van der Waals surface area contributed by atoms with E-state index in [1.807, 2.05) is 0 Å². The Morgan fingerprint density at radius 2 is 1.73 bits per heavy atom. The first-order valence-electron chi connectivity index (χ1n) is 6.81. The molecule has 1 aliphatic carbocycles. The molecule has 0 bridgehead atoms. The molecule has 90 valence electrons. The van der Waals surface area contributed by atoms with Crippen LogP contribution >= 0.6 is 0 Å². The van der Waals surface area contributed by atoms with E-state index in [0.29, 0.717) is 10.8 Å². The molecule has 0 aromatic rings. The molecule has 0 saturated heterocycles. The molecule has 1 rings (SSSR count). The van der Waals surface area contributed by atoms with Gasteiger partial charge in [-0.2, -0.15) is 0 Å². The van der Waals surface area contributed by atoms with Crippen LogP contribution in [-0.4, -0.2) is 0 Å². The van der Waals surface area contributed by atoms with Crippen molar-refractivity contribution in [3.8, 4) is 0 Å². The zero-order chi connectivity index (χ0) is 11.7. The summed E-state index contributed by atoms with van der Waals surface area (Å²) in [6.45, 7) is 14.4. The van der Waals surface area contributed by atoms with Crippen molar-refractivity contribution >= 4 is 0 Å². The molecule has 0 nitrogen and oxygen atoms in total. The molecule has 0 spiro atoms. The highest BCUT2D eigenvalue weighted by molar-refractivity contribution is 5.06. The topological polar surface area (TPSA) is 0 Å². The molecule has 0 heterocycles. The van der Waals surface area contributed by atoms with Crippen molar-refractivity contribution in [2.75, 3.05) is 0 Å². The molecule has 0 aliphatic heterocycles. The highest BCUT2D eigenvalue weighted by atomic mass is 14.6. The minimum atomic E-state index is 0.502. The van der Waals surface area contributed by atoms with Gasteiger partial charge in [0.15, 0.2) is 0 Å². The van der Waals surface area contributed by atoms with Crippen LogP contribution in [0.4, 0.5) is 0 Å². The van der Waals surface area contributed by atoms with Crippen LogP contribution in [0.3, 0.4) is 0 Å². The molecule has 1 fully saturated rings. The van der Waals surface area contributed by atoms with E-state index in [9.17, 15) is 0 Å². The number of hydrogen-bond donors (Lipinski definition) is 0. The SMILES string of the molecule is CCCCCC1C(C)C1(C)CC(C)(C)C. The minimum absolute atomic E-state index is 0.502. The maximum Gasteiger partial charge on any atom is -0.0261 e. The Labute approximate surface area is 96.8 Å². The Kier molecular flexibility index (Phi) is 3.90. The van der Waals surface area contributed by atoms with Gasteiger partial charge >= 0.3 is 0 Å². The van der Waals surface area contributed by atoms with Crippen LogP contribution in [0.1, 0.15) is 73.6 Å². The largest absolute Gasteiger partial charge is 0.0654 e. The second-order valence-corrected chi connectivity index (χ2v) is 7.13. The van der Waals surface area contributed by atoms with E-state index >= 15 is 0 Å². The summed E-state index contributed by atoms with van der Waals surface area (Å²) in [5, 5.41) is 0. The molecule has 0 heteroatoms. The van der Waals surface area contributed by atoms with E-state index in [0.717, 1.165) is 11.8 Å². The Balaban J connectivity index is 2.37. The van der Waals surface area contributed by atoms with E-state index in [1.54, 1.807) is 0 Å². The highest BCUT2D eigenvalue weighted by Gasteiger charge is 2.57. The van der Waals surface area contributed by atoms with Gasteiger partial charge < -0.3 is 0 Å². The summed E-state index contributed by atoms with van der Waals surface area (Å²) in [6.07, 6.45) is 7.11. The zero-order valence-electron chi connectivity index (χ0n) is 11.7. The van der Waals surface area contributed by atoms with Gasteiger partial charge in [-0.1, -0.05) is 60.8 Å². The highest BCUT2D eigenvalue weighted by Crippen LogP contribution is 2.65. The lowest BCUT2D eigenvalue weighted by Gasteiger charge is -2.24. The van der Waals surface area contributed by atoms with Crippen LogP contribution < -0.4 is 0 Å². The first-order chi connectivity index (χ1) is 6.81. The number of rotatable bonds is 5. The summed E-state index contributed by atoms with van der Waals surface area (Å²) in [7, 11) is 0. The fraction of sp³-hybridized carbons (Fsp3) is 1.00. The van der Waals surface area contributed by atoms with Crippen molar-refractivity contribution < 1.29 is 0 Å². The molecule has 0 aromatic heterocycles. The van der Waals surface area contributed by atoms with Crippen molar-refractivity contribution in [2.24, 2.45) is 22.7 Å². The zero-order valence-corrected chi connectivity index (χ0v) is 11.7. The molecule has 0 N–H and O–H groups in total. The molecular formula is C15H30. The fourth-order valence-electron chi connectivity index (χ4n) is 3.54. The summed E-state index contributed by atoms with van der Waals surface area (Å²) >= 11 is 0. The van der Waals surface area contributed by atoms with Crippen LogP contribution in [0.25, 0.3) is 0 Å². The molecule has 0 radical (unpaired) electrons. The Morgan fingerprint density at radius 1 is 1.13 bits per heavy atom. The normalized spacial score (nSPS) is 35.6. The van der Waals surface area contributed by atoms with Crippen molar-refractivity contribution in [3.63, 3.8) is 0 Å². The van der Waals surface area contributed by atoms with E-state index in [4.69, 9.17) is 0 Å². The minimum Gasteiger partial charge on any atom is -0.0654 e. The number of unbranched alkanes of at least 4 members (excludes halogenated alkanes) is 2. The van der Waals surface area contributed by atoms with E-state index in [1.165, 1.54) is 32.1 Å². The molecule has 15 heavy (non-hydrogen) atoms. The van der Waals surface area contributed by atoms with Crippen molar-refractivity contribution in [1.29, 1.82) is 0 Å². The third-order valence-corrected chi connectivity index (χ3v) is 4.41. The van der Waals surface area contributed by atoms with E-state index in [-0.39, 0.29) is 0 Å². The van der Waals surface area contributed by atoms with Gasteiger partial charge in [-0.25, -0.2) is 0 Å². The van der Waals surface area contributed by atoms with Gasteiger partial charge in [0.1, 0.15) is 0 Å². The summed E-state index contributed by atoms with van der Waals surface area (Å²) in [4.78, 5) is 0. The summed E-state index contributed by atoms with van der Waals surface area (Å²) in [6, 6.07) is 0. The Hall–Kier alpha value is 0. The van der Waals surface area contributed by atoms with E-state index in [2.05, 4.69) is 41.5 Å². The van der Waals surface area contributed by atoms with E-state index < -0.39 is 0 Å². The second kappa shape index (κ2) is 4.47. The first-order valence-corrected chi connectivity index (χ1v) is 6.81. The average molecular weight is 210 g/mol. The molecule has 3 atom stereocenters. The van der Waals surface area contributed by atoms with Gasteiger partial charge in [0, 0.05) is 0 Å². The fourth-order valence-corrected chi connectivity index (χ4v) is 3.54. The Bertz CT molecular complexity index is 199. The second-order valence-electron chi connectivity index (χ2n) is 7.13. The molecular weight excluding hydrogens is 180 g/mol. The first kappa shape index (κ1) is 13.1. The lowest BCUT2D eigenvalue weighted by Crippen LogP contribution is -2.14. The smallest absolute Gasteiger partial charge is 0.0261 e. The molecule has 1 aliphatic rings. The van der Waals surface area contributed by atoms with Gasteiger partial charge in [-0.15, -0.1) is 0 Å². The van der Waals surface area contributed by atoms with Crippen LogP contribution in [0.2, 0.25) is 0 Å². The third kappa shape index (κ3) is 3.23. The van der Waals surface area contributed by atoms with Gasteiger partial charge in [-0.3, -0.25) is 0 Å². The molecule has 1 saturated carbocycles. The molecule has 3 unspecified atom stereocenters. The lowest BCUT2D eigenvalue weighted by atomic mass is 9.81. The van der Waals surface area contributed by atoms with Gasteiger partial charge in [0.25, 0.3) is 0 Å². The maximum atomic E-state index is 2.51. The monoisotopic (exact) mass is 210 g/mol. The standard InChI is InChI=1S/C15H30/c1-7-8-9-10-13-12(2)15(13,6)11-14(3,4)5/h12-13H,7-11H2,1-6H3. The maximum absolute atomic E-state index is 2.51. The quantitative estimate of drug-likeness (QED) is 0.542. The summed E-state index contributed by atoms with van der Waals surface area (Å²) < 4.78 is 0. The van der Waals surface area contributed by atoms with Crippen LogP contribution in [0, 0.1) is 22.7 Å². The van der Waals surface area contributed by atoms with Crippen molar-refractivity contribution in [3.05, 3.63) is 0 Å². The van der Waals surface area contributed by atoms with Gasteiger partial charge in [-0.05, 0) is 35.5 Å². The molecule has 0 aromatic carbocycles. The summed E-state index contributed by atoms with van der Waals surface area (Å²) in [5.41, 5.74) is 1.16. The Morgan fingerprint density at radius 3 is 2.20 bits per heavy atom.